The van der Waals surface area contributed by atoms with Gasteiger partial charge in [-0.15, -0.1) is 11.3 Å². The van der Waals surface area contributed by atoms with Crippen molar-refractivity contribution in [2.24, 2.45) is 0 Å². The smallest absolute Gasteiger partial charge is 0.345 e. The van der Waals surface area contributed by atoms with Gasteiger partial charge in [0.25, 0.3) is 0 Å². The fourth-order valence-corrected chi connectivity index (χ4v) is 2.38. The zero-order valence-electron chi connectivity index (χ0n) is 8.06. The molecule has 0 atom stereocenters. The van der Waals surface area contributed by atoms with Gasteiger partial charge in [-0.1, -0.05) is 0 Å². The molecule has 0 spiro atoms. The first-order chi connectivity index (χ1) is 6.68. The van der Waals surface area contributed by atoms with Crippen molar-refractivity contribution in [1.82, 2.24) is 0 Å². The molecule has 1 N–H and O–H groups in total. The third-order valence-electron chi connectivity index (χ3n) is 2.83. The Hall–Kier alpha value is -1.03. The Bertz CT molecular complexity index is 344. The predicted molar refractivity (Wildman–Crippen MR) is 57.3 cm³/mol. The lowest BCUT2D eigenvalue weighted by Gasteiger charge is -2.35. The molecule has 0 bridgehead atoms. The summed E-state index contributed by atoms with van der Waals surface area (Å²) >= 11 is 1.30. The number of hydrogen-bond donors (Lipinski definition) is 1. The van der Waals surface area contributed by atoms with Gasteiger partial charge in [-0.2, -0.15) is 0 Å². The Balaban J connectivity index is 2.11. The van der Waals surface area contributed by atoms with E-state index in [1.165, 1.54) is 30.6 Å². The number of carbonyl (C=O) groups is 1. The van der Waals surface area contributed by atoms with Crippen LogP contribution in [0.1, 0.15) is 28.9 Å². The van der Waals surface area contributed by atoms with Gasteiger partial charge in [0.2, 0.25) is 0 Å². The zero-order valence-corrected chi connectivity index (χ0v) is 8.88. The van der Waals surface area contributed by atoms with E-state index >= 15 is 0 Å². The van der Waals surface area contributed by atoms with E-state index < -0.39 is 5.97 Å². The van der Waals surface area contributed by atoms with Crippen LogP contribution in [0.15, 0.2) is 11.4 Å². The average molecular weight is 211 g/mol. The molecule has 1 aromatic heterocycles. The summed E-state index contributed by atoms with van der Waals surface area (Å²) in [5.74, 6) is -0.830. The van der Waals surface area contributed by atoms with Crippen molar-refractivity contribution in [2.75, 3.05) is 11.9 Å². The molecule has 0 amide bonds. The number of carboxylic acid groups (broad SMARTS) is 1. The fraction of sp³-hybridized carbons (Fsp3) is 0.500. The number of thiophene rings is 1. The molecular formula is C10H13NO2S. The maximum absolute atomic E-state index is 10.7. The highest BCUT2D eigenvalue weighted by Gasteiger charge is 2.23. The van der Waals surface area contributed by atoms with Gasteiger partial charge in [0, 0.05) is 24.2 Å². The maximum atomic E-state index is 10.7. The second-order valence-corrected chi connectivity index (χ2v) is 4.58. The molecule has 14 heavy (non-hydrogen) atoms. The van der Waals surface area contributed by atoms with Crippen LogP contribution in [0.4, 0.5) is 5.69 Å². The Morgan fingerprint density at radius 1 is 1.64 bits per heavy atom. The molecule has 1 aliphatic rings. The average Bonchev–Trinajstić information content (AvgIpc) is 2.48. The third-order valence-corrected chi connectivity index (χ3v) is 3.73. The molecule has 0 aliphatic heterocycles. The lowest BCUT2D eigenvalue weighted by molar-refractivity contribution is 0.0702. The zero-order chi connectivity index (χ0) is 10.1. The van der Waals surface area contributed by atoms with Gasteiger partial charge in [-0.3, -0.25) is 0 Å². The van der Waals surface area contributed by atoms with Crippen LogP contribution in [-0.2, 0) is 0 Å². The first kappa shape index (κ1) is 9.52. The van der Waals surface area contributed by atoms with Gasteiger partial charge in [-0.25, -0.2) is 4.79 Å². The minimum absolute atomic E-state index is 0.422. The molecule has 0 unspecified atom stereocenters. The van der Waals surface area contributed by atoms with Crippen LogP contribution in [0, 0.1) is 0 Å². The van der Waals surface area contributed by atoms with Crippen molar-refractivity contribution in [3.05, 3.63) is 16.3 Å². The Labute approximate surface area is 87.0 Å². The van der Waals surface area contributed by atoms with Crippen molar-refractivity contribution in [1.29, 1.82) is 0 Å². The fourth-order valence-electron chi connectivity index (χ4n) is 1.61. The van der Waals surface area contributed by atoms with Crippen molar-refractivity contribution in [3.63, 3.8) is 0 Å². The molecule has 0 aromatic carbocycles. The predicted octanol–water partition coefficient (Wildman–Crippen LogP) is 2.44. The number of hydrogen-bond acceptors (Lipinski definition) is 3. The number of carboxylic acids is 1. The molecule has 0 radical (unpaired) electrons. The number of rotatable bonds is 3. The Morgan fingerprint density at radius 3 is 2.79 bits per heavy atom. The van der Waals surface area contributed by atoms with E-state index in [1.807, 2.05) is 12.4 Å². The second-order valence-electron chi connectivity index (χ2n) is 3.67. The lowest BCUT2D eigenvalue weighted by atomic mass is 9.92. The van der Waals surface area contributed by atoms with Crippen LogP contribution < -0.4 is 4.90 Å². The van der Waals surface area contributed by atoms with Gasteiger partial charge in [0.05, 0.1) is 0 Å². The topological polar surface area (TPSA) is 40.5 Å². The summed E-state index contributed by atoms with van der Waals surface area (Å²) in [6.07, 6.45) is 3.76. The minimum atomic E-state index is -0.830. The summed E-state index contributed by atoms with van der Waals surface area (Å²) in [6, 6.07) is 2.37. The van der Waals surface area contributed by atoms with Crippen LogP contribution in [0.3, 0.4) is 0 Å². The van der Waals surface area contributed by atoms with Crippen LogP contribution in [-0.4, -0.2) is 24.2 Å². The summed E-state index contributed by atoms with van der Waals surface area (Å²) in [5.41, 5.74) is 1.04. The molecule has 4 heteroatoms. The van der Waals surface area contributed by atoms with E-state index in [0.717, 1.165) is 5.69 Å². The molecule has 1 aliphatic carbocycles. The van der Waals surface area contributed by atoms with E-state index in [2.05, 4.69) is 4.90 Å². The summed E-state index contributed by atoms with van der Waals surface area (Å²) in [4.78, 5) is 13.3. The summed E-state index contributed by atoms with van der Waals surface area (Å²) in [7, 11) is 2.04. The van der Waals surface area contributed by atoms with Gasteiger partial charge in [0.1, 0.15) is 4.88 Å². The van der Waals surface area contributed by atoms with Gasteiger partial charge in [-0.05, 0) is 25.3 Å². The Morgan fingerprint density at radius 2 is 2.36 bits per heavy atom. The molecule has 1 heterocycles. The quantitative estimate of drug-likeness (QED) is 0.834. The minimum Gasteiger partial charge on any atom is -0.477 e. The van der Waals surface area contributed by atoms with Crippen LogP contribution in [0.25, 0.3) is 0 Å². The normalized spacial score (nSPS) is 16.4. The number of anilines is 1. The lowest BCUT2D eigenvalue weighted by Crippen LogP contribution is -2.36. The standard InChI is InChI=1S/C10H13NO2S/c1-11(7-3-2-4-7)8-5-9(10(12)13)14-6-8/h5-7H,2-4H2,1H3,(H,12,13). The number of nitrogens with zero attached hydrogens (tertiary/aromatic N) is 1. The van der Waals surface area contributed by atoms with Gasteiger partial charge in [0.15, 0.2) is 0 Å². The molecule has 3 nitrogen and oxygen atoms in total. The summed E-state index contributed by atoms with van der Waals surface area (Å²) in [5, 5.41) is 10.7. The summed E-state index contributed by atoms with van der Waals surface area (Å²) in [6.45, 7) is 0. The van der Waals surface area contributed by atoms with E-state index in [4.69, 9.17) is 5.11 Å². The summed E-state index contributed by atoms with van der Waals surface area (Å²) < 4.78 is 0. The second kappa shape index (κ2) is 3.61. The molecule has 1 fully saturated rings. The first-order valence-corrected chi connectivity index (χ1v) is 5.61. The highest BCUT2D eigenvalue weighted by Crippen LogP contribution is 2.30. The van der Waals surface area contributed by atoms with Crippen molar-refractivity contribution in [3.8, 4) is 0 Å². The maximum Gasteiger partial charge on any atom is 0.345 e. The van der Waals surface area contributed by atoms with Crippen molar-refractivity contribution < 1.29 is 9.90 Å². The number of aromatic carboxylic acids is 1. The van der Waals surface area contributed by atoms with Crippen molar-refractivity contribution in [2.45, 2.75) is 25.3 Å². The highest BCUT2D eigenvalue weighted by atomic mass is 32.1. The molecule has 76 valence electrons. The molecule has 2 rings (SSSR count). The monoisotopic (exact) mass is 211 g/mol. The van der Waals surface area contributed by atoms with E-state index in [9.17, 15) is 4.79 Å². The first-order valence-electron chi connectivity index (χ1n) is 4.73. The van der Waals surface area contributed by atoms with Gasteiger partial charge >= 0.3 is 5.97 Å². The largest absolute Gasteiger partial charge is 0.477 e. The highest BCUT2D eigenvalue weighted by molar-refractivity contribution is 7.12. The SMILES string of the molecule is CN(c1csc(C(=O)O)c1)C1CCC1. The van der Waals surface area contributed by atoms with Gasteiger partial charge < -0.3 is 10.0 Å². The Kier molecular flexibility index (Phi) is 2.46. The third kappa shape index (κ3) is 1.62. The van der Waals surface area contributed by atoms with Crippen LogP contribution >= 0.6 is 11.3 Å². The molecule has 0 saturated heterocycles. The van der Waals surface area contributed by atoms with E-state index in [1.54, 1.807) is 6.07 Å². The molecule has 1 aromatic rings. The van der Waals surface area contributed by atoms with E-state index in [0.29, 0.717) is 10.9 Å². The van der Waals surface area contributed by atoms with Crippen LogP contribution in [0.5, 0.6) is 0 Å². The van der Waals surface area contributed by atoms with E-state index in [-0.39, 0.29) is 0 Å². The van der Waals surface area contributed by atoms with Crippen LogP contribution in [0.2, 0.25) is 0 Å². The molecular weight excluding hydrogens is 198 g/mol. The molecule has 1 saturated carbocycles. The van der Waals surface area contributed by atoms with Crippen molar-refractivity contribution >= 4 is 23.0 Å².